The van der Waals surface area contributed by atoms with E-state index >= 15 is 0 Å². The third-order valence-electron chi connectivity index (χ3n) is 2.57. The summed E-state index contributed by atoms with van der Waals surface area (Å²) in [5.41, 5.74) is 7.90. The minimum atomic E-state index is 0.0413. The largest absolute Gasteiger partial charge is 0.370 e. The molecule has 0 saturated heterocycles. The molecule has 1 rings (SSSR count). The summed E-state index contributed by atoms with van der Waals surface area (Å²) in [4.78, 5) is 0. The molecular formula is C13H21N3. The van der Waals surface area contributed by atoms with Crippen molar-refractivity contribution in [3.63, 3.8) is 0 Å². The van der Waals surface area contributed by atoms with E-state index < -0.39 is 0 Å². The highest BCUT2D eigenvalue weighted by Gasteiger charge is 1.95. The van der Waals surface area contributed by atoms with E-state index in [4.69, 9.17) is 11.1 Å². The lowest BCUT2D eigenvalue weighted by atomic mass is 10.1. The first-order chi connectivity index (χ1) is 7.72. The standard InChI is InChI=1S/C13H21N3/c1-2-3-4-11-5-7-12(8-6-11)9-10-16-13(14)15/h5-8H,2-4,9-10H2,1H3,(H4,14,15,16). The summed E-state index contributed by atoms with van der Waals surface area (Å²) in [5.74, 6) is 0.0413. The highest BCUT2D eigenvalue weighted by molar-refractivity contribution is 5.74. The van der Waals surface area contributed by atoms with Gasteiger partial charge >= 0.3 is 0 Å². The van der Waals surface area contributed by atoms with Crippen molar-refractivity contribution in [3.05, 3.63) is 35.4 Å². The lowest BCUT2D eigenvalue weighted by Gasteiger charge is -2.05. The van der Waals surface area contributed by atoms with E-state index in [2.05, 4.69) is 36.5 Å². The molecule has 0 spiro atoms. The molecule has 0 fully saturated rings. The van der Waals surface area contributed by atoms with Gasteiger partial charge < -0.3 is 11.1 Å². The van der Waals surface area contributed by atoms with Crippen LogP contribution in [0.25, 0.3) is 0 Å². The van der Waals surface area contributed by atoms with Crippen LogP contribution in [-0.4, -0.2) is 12.5 Å². The molecule has 0 radical (unpaired) electrons. The summed E-state index contributed by atoms with van der Waals surface area (Å²) >= 11 is 0. The van der Waals surface area contributed by atoms with Crippen LogP contribution in [0.5, 0.6) is 0 Å². The van der Waals surface area contributed by atoms with Crippen LogP contribution in [0.15, 0.2) is 24.3 Å². The van der Waals surface area contributed by atoms with Gasteiger partial charge in [-0.15, -0.1) is 0 Å². The Morgan fingerprint density at radius 1 is 1.19 bits per heavy atom. The molecule has 1 aromatic rings. The van der Waals surface area contributed by atoms with Crippen molar-refractivity contribution in [2.75, 3.05) is 6.54 Å². The second-order valence-electron chi connectivity index (χ2n) is 4.01. The van der Waals surface area contributed by atoms with Crippen LogP contribution < -0.4 is 11.1 Å². The first kappa shape index (κ1) is 12.6. The number of guanidine groups is 1. The van der Waals surface area contributed by atoms with Crippen LogP contribution in [0.4, 0.5) is 0 Å². The monoisotopic (exact) mass is 219 g/mol. The smallest absolute Gasteiger partial charge is 0.185 e. The Hall–Kier alpha value is -1.51. The Morgan fingerprint density at radius 3 is 2.25 bits per heavy atom. The molecule has 88 valence electrons. The number of unbranched alkanes of at least 4 members (excludes halogenated alkanes) is 1. The average molecular weight is 219 g/mol. The summed E-state index contributed by atoms with van der Waals surface area (Å²) in [6, 6.07) is 8.71. The molecule has 3 heteroatoms. The van der Waals surface area contributed by atoms with Gasteiger partial charge in [-0.05, 0) is 30.4 Å². The van der Waals surface area contributed by atoms with Gasteiger partial charge in [-0.25, -0.2) is 0 Å². The molecule has 0 aliphatic heterocycles. The van der Waals surface area contributed by atoms with E-state index in [1.54, 1.807) is 0 Å². The Morgan fingerprint density at radius 2 is 1.75 bits per heavy atom. The first-order valence-corrected chi connectivity index (χ1v) is 5.88. The summed E-state index contributed by atoms with van der Waals surface area (Å²) in [7, 11) is 0. The van der Waals surface area contributed by atoms with Crippen LogP contribution >= 0.6 is 0 Å². The molecule has 16 heavy (non-hydrogen) atoms. The Balaban J connectivity index is 2.36. The average Bonchev–Trinajstić information content (AvgIpc) is 2.27. The normalized spacial score (nSPS) is 10.1. The molecule has 0 bridgehead atoms. The third-order valence-corrected chi connectivity index (χ3v) is 2.57. The van der Waals surface area contributed by atoms with Gasteiger partial charge in [0.1, 0.15) is 0 Å². The SMILES string of the molecule is CCCCc1ccc(CCNC(=N)N)cc1. The molecule has 0 aromatic heterocycles. The number of hydrogen-bond acceptors (Lipinski definition) is 1. The summed E-state index contributed by atoms with van der Waals surface area (Å²) in [6.07, 6.45) is 4.58. The molecule has 0 unspecified atom stereocenters. The van der Waals surface area contributed by atoms with Crippen molar-refractivity contribution in [1.29, 1.82) is 5.41 Å². The second kappa shape index (κ2) is 6.88. The van der Waals surface area contributed by atoms with Crippen molar-refractivity contribution in [1.82, 2.24) is 5.32 Å². The zero-order valence-electron chi connectivity index (χ0n) is 9.92. The minimum Gasteiger partial charge on any atom is -0.370 e. The number of rotatable bonds is 6. The topological polar surface area (TPSA) is 61.9 Å². The molecule has 0 atom stereocenters. The summed E-state index contributed by atoms with van der Waals surface area (Å²) in [5, 5.41) is 9.84. The van der Waals surface area contributed by atoms with Gasteiger partial charge in [-0.3, -0.25) is 5.41 Å². The zero-order valence-corrected chi connectivity index (χ0v) is 9.92. The van der Waals surface area contributed by atoms with Crippen molar-refractivity contribution >= 4 is 5.96 Å². The maximum Gasteiger partial charge on any atom is 0.185 e. The predicted molar refractivity (Wildman–Crippen MR) is 68.7 cm³/mol. The van der Waals surface area contributed by atoms with E-state index in [-0.39, 0.29) is 5.96 Å². The zero-order chi connectivity index (χ0) is 11.8. The minimum absolute atomic E-state index is 0.0413. The highest BCUT2D eigenvalue weighted by atomic mass is 15.0. The van der Waals surface area contributed by atoms with Gasteiger partial charge in [-0.1, -0.05) is 37.6 Å². The van der Waals surface area contributed by atoms with E-state index in [9.17, 15) is 0 Å². The number of benzene rings is 1. The number of aryl methyl sites for hydroxylation is 1. The Bertz CT molecular complexity index is 316. The molecule has 0 saturated carbocycles. The molecular weight excluding hydrogens is 198 g/mol. The van der Waals surface area contributed by atoms with Crippen molar-refractivity contribution in [3.8, 4) is 0 Å². The van der Waals surface area contributed by atoms with Crippen LogP contribution in [0.3, 0.4) is 0 Å². The second-order valence-corrected chi connectivity index (χ2v) is 4.01. The fourth-order valence-corrected chi connectivity index (χ4v) is 1.60. The van der Waals surface area contributed by atoms with Crippen LogP contribution in [-0.2, 0) is 12.8 Å². The lowest BCUT2D eigenvalue weighted by molar-refractivity contribution is 0.793. The molecule has 0 aliphatic carbocycles. The molecule has 3 nitrogen and oxygen atoms in total. The number of nitrogens with one attached hydrogen (secondary N) is 2. The van der Waals surface area contributed by atoms with Crippen LogP contribution in [0, 0.1) is 5.41 Å². The van der Waals surface area contributed by atoms with Crippen molar-refractivity contribution < 1.29 is 0 Å². The molecule has 0 aliphatic rings. The molecule has 0 heterocycles. The van der Waals surface area contributed by atoms with Gasteiger partial charge in [0.15, 0.2) is 5.96 Å². The summed E-state index contributed by atoms with van der Waals surface area (Å²) in [6.45, 7) is 2.94. The molecule has 1 aromatic carbocycles. The maximum absolute atomic E-state index is 7.04. The van der Waals surface area contributed by atoms with Crippen molar-refractivity contribution in [2.45, 2.75) is 32.6 Å². The fourth-order valence-electron chi connectivity index (χ4n) is 1.60. The predicted octanol–water partition coefficient (Wildman–Crippen LogP) is 2.05. The van der Waals surface area contributed by atoms with E-state index in [0.717, 1.165) is 13.0 Å². The van der Waals surface area contributed by atoms with E-state index in [1.165, 1.54) is 30.4 Å². The van der Waals surface area contributed by atoms with Gasteiger partial charge in [-0.2, -0.15) is 0 Å². The van der Waals surface area contributed by atoms with E-state index in [1.807, 2.05) is 0 Å². The van der Waals surface area contributed by atoms with Gasteiger partial charge in [0.2, 0.25) is 0 Å². The van der Waals surface area contributed by atoms with Gasteiger partial charge in [0, 0.05) is 6.54 Å². The van der Waals surface area contributed by atoms with Crippen LogP contribution in [0.1, 0.15) is 30.9 Å². The van der Waals surface area contributed by atoms with Gasteiger partial charge in [0.05, 0.1) is 0 Å². The highest BCUT2D eigenvalue weighted by Crippen LogP contribution is 2.08. The maximum atomic E-state index is 7.04. The van der Waals surface area contributed by atoms with Crippen LogP contribution in [0.2, 0.25) is 0 Å². The lowest BCUT2D eigenvalue weighted by Crippen LogP contribution is -2.31. The Kier molecular flexibility index (Phi) is 5.40. The van der Waals surface area contributed by atoms with E-state index in [0.29, 0.717) is 0 Å². The first-order valence-electron chi connectivity index (χ1n) is 5.88. The quantitative estimate of drug-likeness (QED) is 0.506. The number of hydrogen-bond donors (Lipinski definition) is 3. The van der Waals surface area contributed by atoms with Crippen molar-refractivity contribution in [2.24, 2.45) is 5.73 Å². The number of nitrogens with two attached hydrogens (primary N) is 1. The Labute approximate surface area is 97.6 Å². The van der Waals surface area contributed by atoms with Gasteiger partial charge in [0.25, 0.3) is 0 Å². The molecule has 0 amide bonds. The summed E-state index contributed by atoms with van der Waals surface area (Å²) < 4.78 is 0. The fraction of sp³-hybridized carbons (Fsp3) is 0.462. The molecule has 4 N–H and O–H groups in total. The third kappa shape index (κ3) is 4.82.